The third-order valence-electron chi connectivity index (χ3n) is 29.5. The monoisotopic (exact) mass is 1810 g/mol. The fourth-order valence-corrected chi connectivity index (χ4v) is 23.7. The molecular weight excluding hydrogens is 1710 g/mol. The van der Waals surface area contributed by atoms with E-state index in [0.29, 0.717) is 0 Å². The number of benzene rings is 24. The molecule has 0 aromatic heterocycles. The first-order valence-electron chi connectivity index (χ1n) is 49.1. The molecule has 24 aromatic carbocycles. The van der Waals surface area contributed by atoms with Gasteiger partial charge in [0.2, 0.25) is 0 Å². The largest absolute Gasteiger partial charge is 0.311 e. The van der Waals surface area contributed by atoms with Crippen LogP contribution in [0.1, 0.15) is 44.5 Å². The van der Waals surface area contributed by atoms with Crippen LogP contribution in [0.2, 0.25) is 0 Å². The van der Waals surface area contributed by atoms with Gasteiger partial charge in [0.1, 0.15) is 0 Å². The average molecular weight is 1810 g/mol. The van der Waals surface area contributed by atoms with E-state index in [0.717, 1.165) is 68.2 Å². The molecule has 0 amide bonds. The van der Waals surface area contributed by atoms with Crippen molar-refractivity contribution in [2.45, 2.75) is 10.8 Å². The molecule has 0 unspecified atom stereocenters. The maximum absolute atomic E-state index is 2.53. The first-order chi connectivity index (χ1) is 70.5. The molecule has 0 saturated carbocycles. The molecule has 0 saturated heterocycles. The van der Waals surface area contributed by atoms with Gasteiger partial charge in [-0.25, -0.2) is 0 Å². The standard InChI is InChI=1S/C69H46N2.C69H48N2/c1-4-20-49(21-5-1)70(50-22-6-2-7-23-50)53-41-43-54(44-42-53)71(51-24-8-3-9-25-51)52-39-36-47(37-40-52)67-59-29-10-12-31-61(59)68(62-32-13-11-30-60(62)67)48-38-45-58-57-28-16-19-35-65(57)69(66(58)46-48)63-33-17-14-26-55(63)56-27-15-18-34-64(56)69;1-6-22-51(23-7-1)69(52-24-8-2-9-25-52)65-37-21-20-32-59(65)60-47-40-50(48-66(60)69)68-63-35-18-16-33-61(63)67(62-34-17-19-36-64(62)68)49-38-41-56(42-39-49)71(55-30-14-5-15-31-55)58-45-43-57(44-46-58)70(53-26-10-3-11-27-53)54-28-12-4-13-29-54/h1-46H;1-48H. The third kappa shape index (κ3) is 14.0. The average Bonchev–Trinajstić information content (AvgIpc) is 1.51. The van der Waals surface area contributed by atoms with Gasteiger partial charge in [-0.05, 0) is 323 Å². The minimum atomic E-state index is -0.488. The molecule has 3 aliphatic rings. The molecule has 3 aliphatic carbocycles. The van der Waals surface area contributed by atoms with Crippen LogP contribution < -0.4 is 19.6 Å². The van der Waals surface area contributed by atoms with Crippen molar-refractivity contribution in [2.75, 3.05) is 19.6 Å². The van der Waals surface area contributed by atoms with E-state index >= 15 is 0 Å². The van der Waals surface area contributed by atoms with Gasteiger partial charge in [-0.2, -0.15) is 0 Å². The molecule has 4 heteroatoms. The van der Waals surface area contributed by atoms with Crippen LogP contribution >= 0.6 is 0 Å². The molecule has 0 heterocycles. The maximum atomic E-state index is 2.53. The molecule has 27 rings (SSSR count). The first kappa shape index (κ1) is 84.1. The van der Waals surface area contributed by atoms with Crippen molar-refractivity contribution < 1.29 is 0 Å². The Kier molecular flexibility index (Phi) is 21.1. The Morgan fingerprint density at radius 2 is 0.275 bits per heavy atom. The number of hydrogen-bond acceptors (Lipinski definition) is 4. The highest BCUT2D eigenvalue weighted by Crippen LogP contribution is 2.65. The van der Waals surface area contributed by atoms with Crippen molar-refractivity contribution in [3.8, 4) is 77.9 Å². The summed E-state index contributed by atoms with van der Waals surface area (Å²) in [6.45, 7) is 0. The predicted molar refractivity (Wildman–Crippen MR) is 597 cm³/mol. The number of rotatable bonds is 18. The topological polar surface area (TPSA) is 13.0 Å². The van der Waals surface area contributed by atoms with E-state index in [4.69, 9.17) is 0 Å². The van der Waals surface area contributed by atoms with Gasteiger partial charge >= 0.3 is 0 Å². The van der Waals surface area contributed by atoms with Crippen molar-refractivity contribution >= 4 is 111 Å². The summed E-state index contributed by atoms with van der Waals surface area (Å²) < 4.78 is 0. The number of nitrogens with zero attached hydrogens (tertiary/aromatic N) is 4. The zero-order valence-corrected chi connectivity index (χ0v) is 78.1. The lowest BCUT2D eigenvalue weighted by Crippen LogP contribution is -2.28. The van der Waals surface area contributed by atoms with Crippen molar-refractivity contribution in [1.82, 2.24) is 0 Å². The molecule has 0 bridgehead atoms. The maximum Gasteiger partial charge on any atom is 0.0725 e. The van der Waals surface area contributed by atoms with Crippen LogP contribution in [0.4, 0.5) is 68.2 Å². The van der Waals surface area contributed by atoms with Gasteiger partial charge < -0.3 is 19.6 Å². The Morgan fingerprint density at radius 1 is 0.113 bits per heavy atom. The van der Waals surface area contributed by atoms with Crippen LogP contribution in [0.25, 0.3) is 121 Å². The molecular formula is C138H94N4. The summed E-state index contributed by atoms with van der Waals surface area (Å²) in [6.07, 6.45) is 0. The predicted octanol–water partition coefficient (Wildman–Crippen LogP) is 37.2. The van der Waals surface area contributed by atoms with E-state index in [-0.39, 0.29) is 0 Å². The molecule has 0 aliphatic heterocycles. The third-order valence-corrected chi connectivity index (χ3v) is 29.5. The fraction of sp³-hybridized carbons (Fsp3) is 0.0145. The highest BCUT2D eigenvalue weighted by molar-refractivity contribution is 6.23. The smallest absolute Gasteiger partial charge is 0.0725 e. The minimum Gasteiger partial charge on any atom is -0.311 e. The number of anilines is 12. The molecule has 0 fully saturated rings. The quantitative estimate of drug-likeness (QED) is 0.0794. The number of fused-ring (bicyclic) bond motifs is 17. The van der Waals surface area contributed by atoms with Gasteiger partial charge in [0.15, 0.2) is 0 Å². The summed E-state index contributed by atoms with van der Waals surface area (Å²) in [5.74, 6) is 0. The fourth-order valence-electron chi connectivity index (χ4n) is 23.7. The molecule has 24 aromatic rings. The van der Waals surface area contributed by atoms with E-state index in [1.165, 1.54) is 165 Å². The summed E-state index contributed by atoms with van der Waals surface area (Å²) in [5.41, 5.74) is 40.5. The van der Waals surface area contributed by atoms with E-state index < -0.39 is 10.8 Å². The van der Waals surface area contributed by atoms with Crippen molar-refractivity contribution in [2.24, 2.45) is 0 Å². The van der Waals surface area contributed by atoms with Crippen LogP contribution in [0, 0.1) is 0 Å². The van der Waals surface area contributed by atoms with Crippen LogP contribution in [0.3, 0.4) is 0 Å². The lowest BCUT2D eigenvalue weighted by atomic mass is 9.67. The molecule has 1 spiro atoms. The van der Waals surface area contributed by atoms with Crippen LogP contribution in [-0.2, 0) is 10.8 Å². The molecule has 142 heavy (non-hydrogen) atoms. The summed E-state index contributed by atoms with van der Waals surface area (Å²) in [4.78, 5) is 9.30. The second-order valence-electron chi connectivity index (χ2n) is 37.1. The molecule has 0 atom stereocenters. The second kappa shape index (κ2) is 35.6. The Hall–Kier alpha value is -18.5. The van der Waals surface area contributed by atoms with E-state index in [1.807, 2.05) is 0 Å². The van der Waals surface area contributed by atoms with Crippen molar-refractivity contribution in [1.29, 1.82) is 0 Å². The van der Waals surface area contributed by atoms with E-state index in [1.54, 1.807) is 0 Å². The van der Waals surface area contributed by atoms with Gasteiger partial charge in [-0.15, -0.1) is 0 Å². The normalized spacial score (nSPS) is 12.5. The van der Waals surface area contributed by atoms with Gasteiger partial charge in [0.25, 0.3) is 0 Å². The Morgan fingerprint density at radius 3 is 0.514 bits per heavy atom. The zero-order chi connectivity index (χ0) is 94.0. The van der Waals surface area contributed by atoms with Crippen molar-refractivity contribution in [3.05, 3.63) is 615 Å². The summed E-state index contributed by atoms with van der Waals surface area (Å²) in [6, 6.07) is 209. The van der Waals surface area contributed by atoms with E-state index in [2.05, 4.69) is 590 Å². The lowest BCUT2D eigenvalue weighted by molar-refractivity contribution is 0.769. The Balaban J connectivity index is 0.000000145. The van der Waals surface area contributed by atoms with Gasteiger partial charge in [-0.3, -0.25) is 0 Å². The van der Waals surface area contributed by atoms with Crippen molar-refractivity contribution in [3.63, 3.8) is 0 Å². The van der Waals surface area contributed by atoms with Gasteiger partial charge in [0, 0.05) is 68.2 Å². The second-order valence-corrected chi connectivity index (χ2v) is 37.1. The molecule has 0 radical (unpaired) electrons. The highest BCUT2D eigenvalue weighted by atomic mass is 15.2. The highest BCUT2D eigenvalue weighted by Gasteiger charge is 2.52. The van der Waals surface area contributed by atoms with Gasteiger partial charge in [-0.1, -0.05) is 413 Å². The number of hydrogen-bond donors (Lipinski definition) is 0. The Bertz CT molecular complexity index is 8120. The SMILES string of the molecule is c1ccc(N(c2ccccc2)c2ccc(N(c3ccccc3)c3ccc(-c4c5ccccc5c(-c5ccc6c(c5)C(c5ccccc5)(c5ccccc5)c5ccccc5-6)c5ccccc45)cc3)cc2)cc1.c1ccc(N(c2ccccc2)c2ccc(N(c3ccccc3)c3ccc(-c4c5ccccc5c(-c5ccc6c(c5)C5(c7ccccc7-c7ccccc75)c5ccccc5-6)c5ccccc45)cc3)cc2)cc1. The zero-order valence-electron chi connectivity index (χ0n) is 78.1. The van der Waals surface area contributed by atoms with E-state index in [9.17, 15) is 0 Å². The minimum absolute atomic E-state index is 0.414. The van der Waals surface area contributed by atoms with Crippen LogP contribution in [0.5, 0.6) is 0 Å². The van der Waals surface area contributed by atoms with Gasteiger partial charge in [0.05, 0.1) is 10.8 Å². The lowest BCUT2D eigenvalue weighted by Gasteiger charge is -2.34. The summed E-state index contributed by atoms with van der Waals surface area (Å²) in [5, 5.41) is 9.88. The van der Waals surface area contributed by atoms with Crippen LogP contribution in [-0.4, -0.2) is 0 Å². The molecule has 0 N–H and O–H groups in total. The van der Waals surface area contributed by atoms with Crippen LogP contribution in [0.15, 0.2) is 570 Å². The summed E-state index contributed by atoms with van der Waals surface area (Å²) >= 11 is 0. The molecule has 4 nitrogen and oxygen atoms in total. The Labute approximate surface area is 828 Å². The molecule has 666 valence electrons. The number of para-hydroxylation sites is 6. The first-order valence-corrected chi connectivity index (χ1v) is 49.1. The summed E-state index contributed by atoms with van der Waals surface area (Å²) in [7, 11) is 0.